The lowest BCUT2D eigenvalue weighted by Gasteiger charge is -2.05. The van der Waals surface area contributed by atoms with Gasteiger partial charge in [0.15, 0.2) is 6.29 Å². The van der Waals surface area contributed by atoms with Crippen LogP contribution in [-0.2, 0) is 6.54 Å². The van der Waals surface area contributed by atoms with E-state index in [-0.39, 0.29) is 5.56 Å². The molecule has 1 heterocycles. The monoisotopic (exact) mass is 264 g/mol. The van der Waals surface area contributed by atoms with E-state index in [1.54, 1.807) is 12.3 Å². The molecule has 1 aromatic heterocycles. The van der Waals surface area contributed by atoms with Crippen LogP contribution in [0.25, 0.3) is 0 Å². The van der Waals surface area contributed by atoms with Crippen LogP contribution in [0.2, 0.25) is 5.02 Å². The maximum absolute atomic E-state index is 10.9. The van der Waals surface area contributed by atoms with Gasteiger partial charge in [-0.3, -0.25) is 9.48 Å². The van der Waals surface area contributed by atoms with Crippen LogP contribution in [0.1, 0.15) is 26.4 Å². The number of carbonyl (C=O) groups is 2. The van der Waals surface area contributed by atoms with E-state index in [1.807, 2.05) is 0 Å². The highest BCUT2D eigenvalue weighted by molar-refractivity contribution is 6.31. The maximum atomic E-state index is 10.9. The van der Waals surface area contributed by atoms with E-state index in [9.17, 15) is 9.59 Å². The minimum Gasteiger partial charge on any atom is -0.478 e. The number of aromatic carboxylic acids is 1. The zero-order valence-electron chi connectivity index (χ0n) is 9.21. The van der Waals surface area contributed by atoms with Crippen LogP contribution >= 0.6 is 11.6 Å². The van der Waals surface area contributed by atoms with Crippen LogP contribution in [0.4, 0.5) is 0 Å². The molecule has 0 bridgehead atoms. The van der Waals surface area contributed by atoms with E-state index < -0.39 is 5.97 Å². The summed E-state index contributed by atoms with van der Waals surface area (Å²) in [6.45, 7) is 0.313. The van der Waals surface area contributed by atoms with Crippen molar-refractivity contribution in [2.45, 2.75) is 6.54 Å². The van der Waals surface area contributed by atoms with Crippen molar-refractivity contribution in [3.8, 4) is 0 Å². The molecule has 1 aromatic carbocycles. The minimum absolute atomic E-state index is 0.164. The number of benzene rings is 1. The second kappa shape index (κ2) is 5.01. The molecule has 6 heteroatoms. The van der Waals surface area contributed by atoms with Crippen LogP contribution < -0.4 is 0 Å². The Morgan fingerprint density at radius 3 is 2.83 bits per heavy atom. The topological polar surface area (TPSA) is 72.2 Å². The smallest absolute Gasteiger partial charge is 0.335 e. The zero-order chi connectivity index (χ0) is 13.1. The fraction of sp³-hybridized carbons (Fsp3) is 0.0833. The van der Waals surface area contributed by atoms with Crippen LogP contribution in [0, 0.1) is 0 Å². The summed E-state index contributed by atoms with van der Waals surface area (Å²) in [6.07, 6.45) is 2.28. The third-order valence-electron chi connectivity index (χ3n) is 2.41. The fourth-order valence-electron chi connectivity index (χ4n) is 1.53. The van der Waals surface area contributed by atoms with Crippen LogP contribution in [0.15, 0.2) is 30.5 Å². The second-order valence-electron chi connectivity index (χ2n) is 3.67. The molecule has 0 saturated heterocycles. The minimum atomic E-state index is -1.01. The molecule has 0 aliphatic heterocycles. The number of carboxylic acids is 1. The average Bonchev–Trinajstić information content (AvgIpc) is 2.79. The predicted molar refractivity (Wildman–Crippen MR) is 65.1 cm³/mol. The highest BCUT2D eigenvalue weighted by Gasteiger charge is 2.08. The van der Waals surface area contributed by atoms with Gasteiger partial charge in [-0.2, -0.15) is 5.10 Å². The molecule has 0 spiro atoms. The SMILES string of the molecule is O=Cc1ccn(Cc2cc(C(=O)O)ccc2Cl)n1. The molecule has 2 rings (SSSR count). The lowest BCUT2D eigenvalue weighted by Crippen LogP contribution is -2.04. The molecular weight excluding hydrogens is 256 g/mol. The summed E-state index contributed by atoms with van der Waals surface area (Å²) in [5, 5.41) is 13.3. The molecule has 0 amide bonds. The third-order valence-corrected chi connectivity index (χ3v) is 2.78. The normalized spacial score (nSPS) is 10.3. The van der Waals surface area contributed by atoms with Gasteiger partial charge in [-0.1, -0.05) is 11.6 Å². The van der Waals surface area contributed by atoms with Gasteiger partial charge in [0, 0.05) is 11.2 Å². The van der Waals surface area contributed by atoms with Gasteiger partial charge >= 0.3 is 5.97 Å². The van der Waals surface area contributed by atoms with Crippen LogP contribution in [-0.4, -0.2) is 27.1 Å². The van der Waals surface area contributed by atoms with Crippen molar-refractivity contribution in [2.75, 3.05) is 0 Å². The largest absolute Gasteiger partial charge is 0.478 e. The van der Waals surface area contributed by atoms with Gasteiger partial charge in [0.2, 0.25) is 0 Å². The van der Waals surface area contributed by atoms with E-state index in [4.69, 9.17) is 16.7 Å². The molecule has 0 radical (unpaired) electrons. The quantitative estimate of drug-likeness (QED) is 0.859. The first-order valence-electron chi connectivity index (χ1n) is 5.10. The standard InChI is InChI=1S/C12H9ClN2O3/c13-11-2-1-8(12(17)18)5-9(11)6-15-4-3-10(7-16)14-15/h1-5,7H,6H2,(H,17,18). The first kappa shape index (κ1) is 12.3. The summed E-state index contributed by atoms with van der Waals surface area (Å²) in [5.74, 6) is -1.01. The summed E-state index contributed by atoms with van der Waals surface area (Å²) in [7, 11) is 0. The summed E-state index contributed by atoms with van der Waals surface area (Å²) < 4.78 is 1.52. The Hall–Kier alpha value is -2.14. The van der Waals surface area contributed by atoms with Gasteiger partial charge in [0.05, 0.1) is 12.1 Å². The van der Waals surface area contributed by atoms with Crippen molar-refractivity contribution in [1.82, 2.24) is 9.78 Å². The average molecular weight is 265 g/mol. The maximum Gasteiger partial charge on any atom is 0.335 e. The van der Waals surface area contributed by atoms with Gasteiger partial charge in [-0.25, -0.2) is 4.79 Å². The Balaban J connectivity index is 2.30. The molecule has 18 heavy (non-hydrogen) atoms. The Morgan fingerprint density at radius 1 is 1.44 bits per heavy atom. The highest BCUT2D eigenvalue weighted by Crippen LogP contribution is 2.18. The van der Waals surface area contributed by atoms with Crippen LogP contribution in [0.3, 0.4) is 0 Å². The molecule has 0 saturated carbocycles. The molecule has 0 atom stereocenters. The number of aldehydes is 1. The first-order valence-corrected chi connectivity index (χ1v) is 5.48. The van der Waals surface area contributed by atoms with E-state index in [2.05, 4.69) is 5.10 Å². The van der Waals surface area contributed by atoms with Crippen molar-refractivity contribution >= 4 is 23.9 Å². The molecule has 1 N–H and O–H groups in total. The number of aromatic nitrogens is 2. The molecule has 0 unspecified atom stereocenters. The van der Waals surface area contributed by atoms with E-state index >= 15 is 0 Å². The summed E-state index contributed by atoms with van der Waals surface area (Å²) in [5.41, 5.74) is 1.12. The Kier molecular flexibility index (Phi) is 3.43. The van der Waals surface area contributed by atoms with E-state index in [0.717, 1.165) is 0 Å². The number of carboxylic acid groups (broad SMARTS) is 1. The Morgan fingerprint density at radius 2 is 2.22 bits per heavy atom. The van der Waals surface area contributed by atoms with Crippen molar-refractivity contribution in [1.29, 1.82) is 0 Å². The lowest BCUT2D eigenvalue weighted by molar-refractivity contribution is 0.0696. The third kappa shape index (κ3) is 2.57. The number of nitrogens with zero attached hydrogens (tertiary/aromatic N) is 2. The predicted octanol–water partition coefficient (Wildman–Crippen LogP) is 2.10. The van der Waals surface area contributed by atoms with Gasteiger partial charge < -0.3 is 5.11 Å². The number of hydrogen-bond acceptors (Lipinski definition) is 3. The van der Waals surface area contributed by atoms with Crippen molar-refractivity contribution in [3.63, 3.8) is 0 Å². The molecule has 5 nitrogen and oxygen atoms in total. The number of rotatable bonds is 4. The van der Waals surface area contributed by atoms with Gasteiger partial charge in [0.1, 0.15) is 5.69 Å². The molecule has 2 aromatic rings. The molecule has 0 aliphatic rings. The number of hydrogen-bond donors (Lipinski definition) is 1. The fourth-order valence-corrected chi connectivity index (χ4v) is 1.71. The zero-order valence-corrected chi connectivity index (χ0v) is 9.96. The summed E-state index contributed by atoms with van der Waals surface area (Å²) in [6, 6.07) is 6.04. The molecule has 92 valence electrons. The molecule has 0 fully saturated rings. The first-order chi connectivity index (χ1) is 8.60. The Bertz CT molecular complexity index is 607. The summed E-state index contributed by atoms with van der Waals surface area (Å²) >= 11 is 5.99. The second-order valence-corrected chi connectivity index (χ2v) is 4.07. The van der Waals surface area contributed by atoms with Crippen molar-refractivity contribution in [3.05, 3.63) is 52.3 Å². The van der Waals surface area contributed by atoms with E-state index in [0.29, 0.717) is 29.1 Å². The van der Waals surface area contributed by atoms with Gasteiger partial charge in [0.25, 0.3) is 0 Å². The summed E-state index contributed by atoms with van der Waals surface area (Å²) in [4.78, 5) is 21.4. The van der Waals surface area contributed by atoms with Crippen molar-refractivity contribution < 1.29 is 14.7 Å². The van der Waals surface area contributed by atoms with Gasteiger partial charge in [-0.15, -0.1) is 0 Å². The van der Waals surface area contributed by atoms with Gasteiger partial charge in [-0.05, 0) is 29.8 Å². The highest BCUT2D eigenvalue weighted by atomic mass is 35.5. The van der Waals surface area contributed by atoms with Crippen molar-refractivity contribution in [2.24, 2.45) is 0 Å². The lowest BCUT2D eigenvalue weighted by atomic mass is 10.1. The Labute approximate surface area is 108 Å². The molecular formula is C12H9ClN2O3. The molecule has 0 aliphatic carbocycles. The number of carbonyl (C=O) groups excluding carboxylic acids is 1. The van der Waals surface area contributed by atoms with E-state index in [1.165, 1.54) is 22.9 Å². The number of halogens is 1. The van der Waals surface area contributed by atoms with Crippen LogP contribution in [0.5, 0.6) is 0 Å².